The van der Waals surface area contributed by atoms with Gasteiger partial charge in [-0.3, -0.25) is 4.79 Å². The van der Waals surface area contributed by atoms with Gasteiger partial charge >= 0.3 is 12.0 Å². The number of rotatable bonds is 10. The Morgan fingerprint density at radius 1 is 1.25 bits per heavy atom. The number of urea groups is 1. The van der Waals surface area contributed by atoms with Gasteiger partial charge in [0.1, 0.15) is 0 Å². The zero-order chi connectivity index (χ0) is 15.5. The van der Waals surface area contributed by atoms with Crippen molar-refractivity contribution in [2.24, 2.45) is 11.8 Å². The van der Waals surface area contributed by atoms with Crippen LogP contribution < -0.4 is 10.6 Å². The molecule has 0 rings (SSSR count). The standard InChI is InChI=1S/C14H28N2O4/c1-10(2)7-12(8-13(17)18)9-15-14(19)16-11(3)5-6-20-4/h10-12H,5-9H2,1-4H3,(H,17,18)(H2,15,16,19). The molecule has 0 heterocycles. The highest BCUT2D eigenvalue weighted by Gasteiger charge is 2.16. The normalized spacial score (nSPS) is 13.8. The molecule has 0 spiro atoms. The van der Waals surface area contributed by atoms with E-state index in [1.165, 1.54) is 0 Å². The van der Waals surface area contributed by atoms with Crippen LogP contribution in [0.1, 0.15) is 40.0 Å². The largest absolute Gasteiger partial charge is 0.481 e. The van der Waals surface area contributed by atoms with Gasteiger partial charge in [0.05, 0.1) is 0 Å². The van der Waals surface area contributed by atoms with Crippen molar-refractivity contribution in [3.63, 3.8) is 0 Å². The Morgan fingerprint density at radius 3 is 2.40 bits per heavy atom. The van der Waals surface area contributed by atoms with E-state index in [-0.39, 0.29) is 24.4 Å². The number of carboxylic acids is 1. The lowest BCUT2D eigenvalue weighted by molar-refractivity contribution is -0.138. The van der Waals surface area contributed by atoms with E-state index >= 15 is 0 Å². The molecule has 3 N–H and O–H groups in total. The number of nitrogens with one attached hydrogen (secondary N) is 2. The number of carbonyl (C=O) groups excluding carboxylic acids is 1. The average molecular weight is 288 g/mol. The number of carbonyl (C=O) groups is 2. The summed E-state index contributed by atoms with van der Waals surface area (Å²) in [6.45, 7) is 6.97. The lowest BCUT2D eigenvalue weighted by Gasteiger charge is -2.19. The first-order valence-electron chi connectivity index (χ1n) is 7.10. The van der Waals surface area contributed by atoms with E-state index in [4.69, 9.17) is 9.84 Å². The molecule has 0 bridgehead atoms. The van der Waals surface area contributed by atoms with Crippen LogP contribution >= 0.6 is 0 Å². The summed E-state index contributed by atoms with van der Waals surface area (Å²) in [6.07, 6.45) is 1.61. The Bertz CT molecular complexity index is 295. The highest BCUT2D eigenvalue weighted by Crippen LogP contribution is 2.14. The molecular weight excluding hydrogens is 260 g/mol. The second-order valence-corrected chi connectivity index (χ2v) is 5.63. The molecule has 6 nitrogen and oxygen atoms in total. The SMILES string of the molecule is COCCC(C)NC(=O)NCC(CC(=O)O)CC(C)C. The Kier molecular flexibility index (Phi) is 9.80. The van der Waals surface area contributed by atoms with E-state index in [0.717, 1.165) is 12.8 Å². The van der Waals surface area contributed by atoms with E-state index in [1.54, 1.807) is 7.11 Å². The Hall–Kier alpha value is -1.30. The van der Waals surface area contributed by atoms with E-state index in [9.17, 15) is 9.59 Å². The molecule has 0 fully saturated rings. The second-order valence-electron chi connectivity index (χ2n) is 5.63. The molecular formula is C14H28N2O4. The van der Waals surface area contributed by atoms with Crippen LogP contribution in [-0.2, 0) is 9.53 Å². The number of methoxy groups -OCH3 is 1. The molecule has 6 heteroatoms. The topological polar surface area (TPSA) is 87.7 Å². The fraction of sp³-hybridized carbons (Fsp3) is 0.857. The Balaban J connectivity index is 4.06. The molecule has 2 amide bonds. The highest BCUT2D eigenvalue weighted by atomic mass is 16.5. The lowest BCUT2D eigenvalue weighted by atomic mass is 9.94. The molecule has 0 aromatic carbocycles. The maximum Gasteiger partial charge on any atom is 0.315 e. The van der Waals surface area contributed by atoms with Crippen LogP contribution in [0.4, 0.5) is 4.79 Å². The summed E-state index contributed by atoms with van der Waals surface area (Å²) in [5.74, 6) is -0.455. The van der Waals surface area contributed by atoms with Crippen molar-refractivity contribution >= 4 is 12.0 Å². The van der Waals surface area contributed by atoms with Crippen LogP contribution in [0.2, 0.25) is 0 Å². The van der Waals surface area contributed by atoms with E-state index < -0.39 is 5.97 Å². The number of hydrogen-bond donors (Lipinski definition) is 3. The molecule has 0 aliphatic heterocycles. The van der Waals surface area contributed by atoms with E-state index in [1.807, 2.05) is 20.8 Å². The minimum atomic E-state index is -0.827. The molecule has 118 valence electrons. The third-order valence-corrected chi connectivity index (χ3v) is 2.95. The summed E-state index contributed by atoms with van der Waals surface area (Å²) in [4.78, 5) is 22.5. The first kappa shape index (κ1) is 18.7. The van der Waals surface area contributed by atoms with Crippen LogP contribution in [0.15, 0.2) is 0 Å². The zero-order valence-electron chi connectivity index (χ0n) is 12.9. The predicted octanol–water partition coefficient (Wildman–Crippen LogP) is 1.85. The van der Waals surface area contributed by atoms with Crippen LogP contribution in [0.5, 0.6) is 0 Å². The maximum atomic E-state index is 11.7. The van der Waals surface area contributed by atoms with Gasteiger partial charge in [-0.2, -0.15) is 0 Å². The van der Waals surface area contributed by atoms with Gasteiger partial charge in [0.2, 0.25) is 0 Å². The molecule has 0 saturated carbocycles. The van der Waals surface area contributed by atoms with Crippen molar-refractivity contribution in [3.8, 4) is 0 Å². The minimum absolute atomic E-state index is 0.0259. The van der Waals surface area contributed by atoms with Crippen molar-refractivity contribution in [1.29, 1.82) is 0 Å². The fourth-order valence-electron chi connectivity index (χ4n) is 2.03. The van der Waals surface area contributed by atoms with Gasteiger partial charge in [0.25, 0.3) is 0 Å². The lowest BCUT2D eigenvalue weighted by Crippen LogP contribution is -2.43. The molecule has 0 aromatic rings. The van der Waals surface area contributed by atoms with Gasteiger partial charge in [-0.25, -0.2) is 4.79 Å². The van der Waals surface area contributed by atoms with E-state index in [2.05, 4.69) is 10.6 Å². The number of amides is 2. The molecule has 0 aliphatic carbocycles. The van der Waals surface area contributed by atoms with Crippen molar-refractivity contribution < 1.29 is 19.4 Å². The summed E-state index contributed by atoms with van der Waals surface area (Å²) in [5.41, 5.74) is 0. The predicted molar refractivity (Wildman–Crippen MR) is 77.7 cm³/mol. The zero-order valence-corrected chi connectivity index (χ0v) is 12.9. The summed E-state index contributed by atoms with van der Waals surface area (Å²) < 4.78 is 4.94. The molecule has 0 radical (unpaired) electrons. The van der Waals surface area contributed by atoms with Crippen molar-refractivity contribution in [1.82, 2.24) is 10.6 Å². The first-order chi connectivity index (χ1) is 9.35. The number of hydrogen-bond acceptors (Lipinski definition) is 3. The summed E-state index contributed by atoms with van der Waals surface area (Å²) in [7, 11) is 1.62. The number of ether oxygens (including phenoxy) is 1. The summed E-state index contributed by atoms with van der Waals surface area (Å²) in [6, 6.07) is -0.231. The molecule has 20 heavy (non-hydrogen) atoms. The van der Waals surface area contributed by atoms with Crippen LogP contribution in [0.3, 0.4) is 0 Å². The second kappa shape index (κ2) is 10.5. The van der Waals surface area contributed by atoms with Gasteiger partial charge in [-0.15, -0.1) is 0 Å². The highest BCUT2D eigenvalue weighted by molar-refractivity contribution is 5.74. The van der Waals surface area contributed by atoms with Crippen molar-refractivity contribution in [2.45, 2.75) is 46.1 Å². The van der Waals surface area contributed by atoms with Crippen LogP contribution in [0, 0.1) is 11.8 Å². The quantitative estimate of drug-likeness (QED) is 0.572. The molecule has 2 unspecified atom stereocenters. The molecule has 0 saturated heterocycles. The third-order valence-electron chi connectivity index (χ3n) is 2.95. The maximum absolute atomic E-state index is 11.7. The molecule has 0 aliphatic rings. The fourth-order valence-corrected chi connectivity index (χ4v) is 2.03. The van der Waals surface area contributed by atoms with Gasteiger partial charge in [0.15, 0.2) is 0 Å². The number of carboxylic acid groups (broad SMARTS) is 1. The van der Waals surface area contributed by atoms with Gasteiger partial charge in [-0.1, -0.05) is 13.8 Å². The third kappa shape index (κ3) is 10.6. The first-order valence-corrected chi connectivity index (χ1v) is 7.10. The van der Waals surface area contributed by atoms with Gasteiger partial charge in [0, 0.05) is 32.7 Å². The summed E-state index contributed by atoms with van der Waals surface area (Å²) >= 11 is 0. The van der Waals surface area contributed by atoms with Crippen LogP contribution in [0.25, 0.3) is 0 Å². The molecule has 2 atom stereocenters. The van der Waals surface area contributed by atoms with Crippen molar-refractivity contribution in [3.05, 3.63) is 0 Å². The molecule has 0 aromatic heterocycles. The van der Waals surface area contributed by atoms with E-state index in [0.29, 0.717) is 19.1 Å². The summed E-state index contributed by atoms with van der Waals surface area (Å²) in [5, 5.41) is 14.4. The Labute approximate surface area is 121 Å². The monoisotopic (exact) mass is 288 g/mol. The van der Waals surface area contributed by atoms with Gasteiger partial charge in [-0.05, 0) is 31.6 Å². The average Bonchev–Trinajstić information content (AvgIpc) is 2.32. The van der Waals surface area contributed by atoms with Gasteiger partial charge < -0.3 is 20.5 Å². The van der Waals surface area contributed by atoms with Crippen LogP contribution in [-0.4, -0.2) is 43.4 Å². The number of aliphatic carboxylic acids is 1. The van der Waals surface area contributed by atoms with Crippen molar-refractivity contribution in [2.75, 3.05) is 20.3 Å². The minimum Gasteiger partial charge on any atom is -0.481 e. The smallest absolute Gasteiger partial charge is 0.315 e. The Morgan fingerprint density at radius 2 is 1.90 bits per heavy atom.